The van der Waals surface area contributed by atoms with Gasteiger partial charge in [-0.3, -0.25) is 9.69 Å². The van der Waals surface area contributed by atoms with Crippen molar-refractivity contribution >= 4 is 11.7 Å². The first-order valence-electron chi connectivity index (χ1n) is 8.76. The second-order valence-corrected chi connectivity index (χ2v) is 6.82. The van der Waals surface area contributed by atoms with Crippen LogP contribution in [0.2, 0.25) is 0 Å². The molecule has 1 atom stereocenters. The van der Waals surface area contributed by atoms with E-state index in [1.807, 2.05) is 11.0 Å². The van der Waals surface area contributed by atoms with Gasteiger partial charge in [0, 0.05) is 45.0 Å². The molecule has 0 saturated carbocycles. The molecule has 3 heterocycles. The van der Waals surface area contributed by atoms with Crippen LogP contribution in [0.1, 0.15) is 32.3 Å². The standard InChI is InChI=1S/C18H25N5O/c1-14(2)23-7-3-4-16(18(23)24)21-8-10-22(11-9-21)17-6-5-15(12-19)13-20-17/h5-6,13-14,16H,3-4,7-11H2,1-2H3. The van der Waals surface area contributed by atoms with Gasteiger partial charge in [-0.1, -0.05) is 0 Å². The average molecular weight is 327 g/mol. The van der Waals surface area contributed by atoms with Gasteiger partial charge in [0.2, 0.25) is 5.91 Å². The van der Waals surface area contributed by atoms with E-state index in [0.717, 1.165) is 51.4 Å². The molecule has 2 aliphatic rings. The third-order valence-electron chi connectivity index (χ3n) is 5.02. The Hall–Kier alpha value is -2.13. The summed E-state index contributed by atoms with van der Waals surface area (Å²) in [4.78, 5) is 23.7. The fraction of sp³-hybridized carbons (Fsp3) is 0.611. The van der Waals surface area contributed by atoms with Gasteiger partial charge < -0.3 is 9.80 Å². The predicted molar refractivity (Wildman–Crippen MR) is 92.6 cm³/mol. The minimum Gasteiger partial charge on any atom is -0.354 e. The summed E-state index contributed by atoms with van der Waals surface area (Å²) >= 11 is 0. The van der Waals surface area contributed by atoms with Crippen LogP contribution in [0.4, 0.5) is 5.82 Å². The first-order chi connectivity index (χ1) is 11.6. The van der Waals surface area contributed by atoms with Crippen molar-refractivity contribution in [3.63, 3.8) is 0 Å². The van der Waals surface area contributed by atoms with Crippen LogP contribution < -0.4 is 4.90 Å². The minimum absolute atomic E-state index is 0.0391. The lowest BCUT2D eigenvalue weighted by Crippen LogP contribution is -2.58. The highest BCUT2D eigenvalue weighted by atomic mass is 16.2. The summed E-state index contributed by atoms with van der Waals surface area (Å²) in [5.41, 5.74) is 0.582. The van der Waals surface area contributed by atoms with E-state index in [4.69, 9.17) is 5.26 Å². The van der Waals surface area contributed by atoms with Gasteiger partial charge in [0.05, 0.1) is 11.6 Å². The number of nitrogens with zero attached hydrogens (tertiary/aromatic N) is 5. The van der Waals surface area contributed by atoms with E-state index in [-0.39, 0.29) is 12.1 Å². The third-order valence-corrected chi connectivity index (χ3v) is 5.02. The lowest BCUT2D eigenvalue weighted by atomic mass is 10.0. The molecule has 0 radical (unpaired) electrons. The summed E-state index contributed by atoms with van der Waals surface area (Å²) in [5, 5.41) is 8.86. The zero-order chi connectivity index (χ0) is 17.1. The van der Waals surface area contributed by atoms with Crippen molar-refractivity contribution in [3.8, 4) is 6.07 Å². The smallest absolute Gasteiger partial charge is 0.240 e. The molecule has 1 unspecified atom stereocenters. The molecule has 6 nitrogen and oxygen atoms in total. The maximum atomic E-state index is 12.7. The molecule has 0 aromatic carbocycles. The molecular formula is C18H25N5O. The van der Waals surface area contributed by atoms with Crippen LogP contribution in [0.5, 0.6) is 0 Å². The Labute approximate surface area is 143 Å². The number of amides is 1. The number of carbonyl (C=O) groups is 1. The lowest BCUT2D eigenvalue weighted by Gasteiger charge is -2.43. The zero-order valence-electron chi connectivity index (χ0n) is 14.5. The van der Waals surface area contributed by atoms with Crippen LogP contribution in [-0.2, 0) is 4.79 Å². The van der Waals surface area contributed by atoms with Crippen LogP contribution >= 0.6 is 0 Å². The van der Waals surface area contributed by atoms with Gasteiger partial charge in [-0.25, -0.2) is 4.98 Å². The van der Waals surface area contributed by atoms with Gasteiger partial charge in [-0.05, 0) is 38.8 Å². The Kier molecular flexibility index (Phi) is 5.00. The number of anilines is 1. The minimum atomic E-state index is 0.0391. The molecule has 3 rings (SSSR count). The van der Waals surface area contributed by atoms with E-state index in [1.54, 1.807) is 12.3 Å². The molecule has 0 spiro atoms. The number of carbonyl (C=O) groups excluding carboxylic acids is 1. The van der Waals surface area contributed by atoms with E-state index in [9.17, 15) is 4.79 Å². The van der Waals surface area contributed by atoms with Crippen molar-refractivity contribution in [3.05, 3.63) is 23.9 Å². The topological polar surface area (TPSA) is 63.5 Å². The number of piperazine rings is 1. The van der Waals surface area contributed by atoms with E-state index < -0.39 is 0 Å². The van der Waals surface area contributed by atoms with Crippen LogP contribution in [0.15, 0.2) is 18.3 Å². The highest BCUT2D eigenvalue weighted by Gasteiger charge is 2.35. The second kappa shape index (κ2) is 7.18. The summed E-state index contributed by atoms with van der Waals surface area (Å²) in [6.07, 6.45) is 3.68. The molecule has 1 aromatic heterocycles. The van der Waals surface area contributed by atoms with Gasteiger partial charge in [0.25, 0.3) is 0 Å². The number of hydrogen-bond acceptors (Lipinski definition) is 5. The first-order valence-corrected chi connectivity index (χ1v) is 8.76. The second-order valence-electron chi connectivity index (χ2n) is 6.82. The molecule has 128 valence electrons. The zero-order valence-corrected chi connectivity index (χ0v) is 14.5. The monoisotopic (exact) mass is 327 g/mol. The highest BCUT2D eigenvalue weighted by molar-refractivity contribution is 5.83. The molecule has 1 amide bonds. The van der Waals surface area contributed by atoms with Crippen LogP contribution in [0.3, 0.4) is 0 Å². The molecular weight excluding hydrogens is 302 g/mol. The molecule has 24 heavy (non-hydrogen) atoms. The molecule has 0 N–H and O–H groups in total. The Bertz CT molecular complexity index is 613. The van der Waals surface area contributed by atoms with Crippen molar-refractivity contribution in [2.45, 2.75) is 38.8 Å². The number of nitriles is 1. The van der Waals surface area contributed by atoms with Crippen molar-refractivity contribution in [2.75, 3.05) is 37.6 Å². The number of likely N-dealkylation sites (tertiary alicyclic amines) is 1. The Balaban J connectivity index is 1.60. The maximum Gasteiger partial charge on any atom is 0.240 e. The van der Waals surface area contributed by atoms with E-state index in [0.29, 0.717) is 11.5 Å². The normalized spacial score (nSPS) is 22.8. The Morgan fingerprint density at radius 3 is 2.54 bits per heavy atom. The Morgan fingerprint density at radius 1 is 1.21 bits per heavy atom. The quantitative estimate of drug-likeness (QED) is 0.841. The third kappa shape index (κ3) is 3.36. The van der Waals surface area contributed by atoms with Crippen LogP contribution in [0, 0.1) is 11.3 Å². The summed E-state index contributed by atoms with van der Waals surface area (Å²) < 4.78 is 0. The molecule has 2 saturated heterocycles. The molecule has 0 aliphatic carbocycles. The number of piperidine rings is 1. The lowest BCUT2D eigenvalue weighted by molar-refractivity contribution is -0.142. The summed E-state index contributed by atoms with van der Waals surface area (Å²) in [6.45, 7) is 8.56. The largest absolute Gasteiger partial charge is 0.354 e. The van der Waals surface area contributed by atoms with Crippen molar-refractivity contribution in [1.82, 2.24) is 14.8 Å². The number of rotatable bonds is 3. The first kappa shape index (κ1) is 16.7. The van der Waals surface area contributed by atoms with E-state index >= 15 is 0 Å². The summed E-state index contributed by atoms with van der Waals surface area (Å²) in [7, 11) is 0. The predicted octanol–water partition coefficient (Wildman–Crippen LogP) is 1.47. The molecule has 1 aromatic rings. The van der Waals surface area contributed by atoms with Crippen LogP contribution in [-0.4, -0.2) is 65.5 Å². The molecule has 6 heteroatoms. The van der Waals surface area contributed by atoms with Crippen molar-refractivity contribution < 1.29 is 4.79 Å². The molecule has 0 bridgehead atoms. The SMILES string of the molecule is CC(C)N1CCCC(N2CCN(c3ccc(C#N)cn3)CC2)C1=O. The highest BCUT2D eigenvalue weighted by Crippen LogP contribution is 2.22. The summed E-state index contributed by atoms with van der Waals surface area (Å²) in [5.74, 6) is 1.20. The van der Waals surface area contributed by atoms with Crippen molar-refractivity contribution in [2.24, 2.45) is 0 Å². The van der Waals surface area contributed by atoms with Gasteiger partial charge >= 0.3 is 0 Å². The fourth-order valence-electron chi connectivity index (χ4n) is 3.63. The Morgan fingerprint density at radius 2 is 1.96 bits per heavy atom. The maximum absolute atomic E-state index is 12.7. The van der Waals surface area contributed by atoms with E-state index in [1.165, 1.54) is 0 Å². The number of hydrogen-bond donors (Lipinski definition) is 0. The van der Waals surface area contributed by atoms with E-state index in [2.05, 4.69) is 34.7 Å². The van der Waals surface area contributed by atoms with Gasteiger partial charge in [0.1, 0.15) is 11.9 Å². The number of aromatic nitrogens is 1. The molecule has 2 aliphatic heterocycles. The van der Waals surface area contributed by atoms with Gasteiger partial charge in [0.15, 0.2) is 0 Å². The van der Waals surface area contributed by atoms with Gasteiger partial charge in [-0.15, -0.1) is 0 Å². The number of pyridine rings is 1. The fourth-order valence-corrected chi connectivity index (χ4v) is 3.63. The summed E-state index contributed by atoms with van der Waals surface area (Å²) in [6, 6.07) is 6.12. The van der Waals surface area contributed by atoms with Crippen LogP contribution in [0.25, 0.3) is 0 Å². The average Bonchev–Trinajstić information content (AvgIpc) is 2.62. The van der Waals surface area contributed by atoms with Gasteiger partial charge in [-0.2, -0.15) is 5.26 Å². The van der Waals surface area contributed by atoms with Crippen molar-refractivity contribution in [1.29, 1.82) is 5.26 Å². The molecule has 2 fully saturated rings.